The predicted octanol–water partition coefficient (Wildman–Crippen LogP) is 2.08. The maximum Gasteiger partial charge on any atom is 0.233 e. The van der Waals surface area contributed by atoms with E-state index in [-0.39, 0.29) is 42.5 Å². The van der Waals surface area contributed by atoms with Crippen LogP contribution in [0.4, 0.5) is 0 Å². The second-order valence-electron chi connectivity index (χ2n) is 6.67. The first-order chi connectivity index (χ1) is 12.2. The van der Waals surface area contributed by atoms with Crippen molar-refractivity contribution in [1.29, 1.82) is 0 Å². The third-order valence-electron chi connectivity index (χ3n) is 4.97. The molecule has 0 spiro atoms. The van der Waals surface area contributed by atoms with Gasteiger partial charge in [0.2, 0.25) is 17.7 Å². The van der Waals surface area contributed by atoms with Gasteiger partial charge in [-0.25, -0.2) is 0 Å². The van der Waals surface area contributed by atoms with Gasteiger partial charge in [-0.3, -0.25) is 19.3 Å². The average Bonchev–Trinajstić information content (AvgIpc) is 2.89. The fourth-order valence-corrected chi connectivity index (χ4v) is 3.56. The summed E-state index contributed by atoms with van der Waals surface area (Å²) in [5, 5.41) is 2.87. The summed E-state index contributed by atoms with van der Waals surface area (Å²) in [7, 11) is 0. The standard InChI is InChI=1S/C20H24N2O3/c23-18(21-13-6-9-15-7-2-1-3-8-15)12-14-22-19(24)16-10-4-5-11-17(16)20(22)25/h1-5,7-8,16-17H,6,9-14H2,(H,21,23)/t16-,17-/m0/s1. The Hall–Kier alpha value is -2.43. The number of carbonyl (C=O) groups excluding carboxylic acids is 3. The first-order valence-corrected chi connectivity index (χ1v) is 8.97. The SMILES string of the molecule is O=C(CCN1C(=O)[C@H]2CC=CC[C@@H]2C1=O)NCCCc1ccccc1. The molecule has 1 aromatic carbocycles. The quantitative estimate of drug-likeness (QED) is 0.469. The Morgan fingerprint density at radius 3 is 2.32 bits per heavy atom. The van der Waals surface area contributed by atoms with E-state index in [1.54, 1.807) is 0 Å². The highest BCUT2D eigenvalue weighted by Gasteiger charge is 2.46. The topological polar surface area (TPSA) is 66.5 Å². The van der Waals surface area contributed by atoms with Gasteiger partial charge in [-0.15, -0.1) is 0 Å². The van der Waals surface area contributed by atoms with Crippen LogP contribution in [0.3, 0.4) is 0 Å². The Labute approximate surface area is 148 Å². The normalized spacial score (nSPS) is 22.2. The van der Waals surface area contributed by atoms with E-state index in [1.165, 1.54) is 10.5 Å². The molecule has 0 saturated carbocycles. The Balaban J connectivity index is 1.37. The maximum absolute atomic E-state index is 12.3. The van der Waals surface area contributed by atoms with E-state index < -0.39 is 0 Å². The van der Waals surface area contributed by atoms with Crippen molar-refractivity contribution in [2.75, 3.05) is 13.1 Å². The van der Waals surface area contributed by atoms with Crippen LogP contribution >= 0.6 is 0 Å². The minimum Gasteiger partial charge on any atom is -0.356 e. The summed E-state index contributed by atoms with van der Waals surface area (Å²) in [5.74, 6) is -0.771. The fourth-order valence-electron chi connectivity index (χ4n) is 3.56. The zero-order valence-electron chi connectivity index (χ0n) is 14.3. The Bertz CT molecular complexity index is 643. The van der Waals surface area contributed by atoms with E-state index in [0.717, 1.165) is 12.8 Å². The second kappa shape index (κ2) is 8.10. The van der Waals surface area contributed by atoms with Crippen LogP contribution in [0.2, 0.25) is 0 Å². The molecule has 5 nitrogen and oxygen atoms in total. The van der Waals surface area contributed by atoms with Crippen LogP contribution in [0, 0.1) is 11.8 Å². The zero-order valence-corrected chi connectivity index (χ0v) is 14.3. The van der Waals surface area contributed by atoms with Gasteiger partial charge in [0.05, 0.1) is 11.8 Å². The Kier molecular flexibility index (Phi) is 5.64. The van der Waals surface area contributed by atoms with Gasteiger partial charge in [-0.1, -0.05) is 42.5 Å². The average molecular weight is 340 g/mol. The first kappa shape index (κ1) is 17.4. The lowest BCUT2D eigenvalue weighted by Gasteiger charge is -2.14. The minimum absolute atomic E-state index is 0.110. The number of nitrogens with zero attached hydrogens (tertiary/aromatic N) is 1. The number of likely N-dealkylation sites (tertiary alicyclic amines) is 1. The zero-order chi connectivity index (χ0) is 17.6. The molecule has 5 heteroatoms. The molecule has 0 aromatic heterocycles. The van der Waals surface area contributed by atoms with Crippen molar-refractivity contribution in [2.24, 2.45) is 11.8 Å². The molecule has 1 aliphatic carbocycles. The van der Waals surface area contributed by atoms with Gasteiger partial charge >= 0.3 is 0 Å². The molecule has 1 aliphatic heterocycles. The lowest BCUT2D eigenvalue weighted by Crippen LogP contribution is -2.35. The molecular weight excluding hydrogens is 316 g/mol. The second-order valence-corrected chi connectivity index (χ2v) is 6.67. The van der Waals surface area contributed by atoms with E-state index in [1.807, 2.05) is 30.4 Å². The van der Waals surface area contributed by atoms with Gasteiger partial charge in [0.25, 0.3) is 0 Å². The van der Waals surface area contributed by atoms with Gasteiger partial charge < -0.3 is 5.32 Å². The molecule has 1 saturated heterocycles. The molecule has 3 rings (SSSR count). The molecule has 25 heavy (non-hydrogen) atoms. The molecule has 2 atom stereocenters. The Morgan fingerprint density at radius 2 is 1.68 bits per heavy atom. The molecule has 0 radical (unpaired) electrons. The number of aryl methyl sites for hydroxylation is 1. The van der Waals surface area contributed by atoms with Gasteiger partial charge in [0.15, 0.2) is 0 Å². The fraction of sp³-hybridized carbons (Fsp3) is 0.450. The number of benzene rings is 1. The Morgan fingerprint density at radius 1 is 1.04 bits per heavy atom. The summed E-state index contributed by atoms with van der Waals surface area (Å²) >= 11 is 0. The molecule has 1 aromatic rings. The number of hydrogen-bond donors (Lipinski definition) is 1. The first-order valence-electron chi connectivity index (χ1n) is 8.97. The van der Waals surface area contributed by atoms with Crippen LogP contribution in [0.1, 0.15) is 31.2 Å². The smallest absolute Gasteiger partial charge is 0.233 e. The van der Waals surface area contributed by atoms with E-state index in [4.69, 9.17) is 0 Å². The number of allylic oxidation sites excluding steroid dienone is 2. The monoisotopic (exact) mass is 340 g/mol. The third-order valence-corrected chi connectivity index (χ3v) is 4.97. The summed E-state index contributed by atoms with van der Waals surface area (Å²) in [6, 6.07) is 10.1. The highest BCUT2D eigenvalue weighted by Crippen LogP contribution is 2.34. The van der Waals surface area contributed by atoms with Crippen molar-refractivity contribution >= 4 is 17.7 Å². The van der Waals surface area contributed by atoms with Gasteiger partial charge in [-0.05, 0) is 31.2 Å². The highest BCUT2D eigenvalue weighted by atomic mass is 16.2. The molecular formula is C20H24N2O3. The van der Waals surface area contributed by atoms with Crippen molar-refractivity contribution in [3.63, 3.8) is 0 Å². The molecule has 1 heterocycles. The summed E-state index contributed by atoms with van der Waals surface area (Å²) in [6.45, 7) is 0.792. The molecule has 0 unspecified atom stereocenters. The van der Waals surface area contributed by atoms with Crippen LogP contribution in [0.25, 0.3) is 0 Å². The molecule has 1 fully saturated rings. The van der Waals surface area contributed by atoms with Gasteiger partial charge in [0.1, 0.15) is 0 Å². The van der Waals surface area contributed by atoms with E-state index in [9.17, 15) is 14.4 Å². The van der Waals surface area contributed by atoms with Crippen LogP contribution in [0.15, 0.2) is 42.5 Å². The van der Waals surface area contributed by atoms with Crippen molar-refractivity contribution < 1.29 is 14.4 Å². The summed E-state index contributed by atoms with van der Waals surface area (Å²) in [5.41, 5.74) is 1.25. The van der Waals surface area contributed by atoms with Crippen LogP contribution < -0.4 is 5.32 Å². The lowest BCUT2D eigenvalue weighted by atomic mass is 9.85. The van der Waals surface area contributed by atoms with Crippen molar-refractivity contribution in [1.82, 2.24) is 10.2 Å². The number of nitrogens with one attached hydrogen (secondary N) is 1. The van der Waals surface area contributed by atoms with E-state index in [2.05, 4.69) is 17.4 Å². The molecule has 2 aliphatic rings. The van der Waals surface area contributed by atoms with Crippen molar-refractivity contribution in [3.8, 4) is 0 Å². The van der Waals surface area contributed by atoms with Crippen LogP contribution in [-0.2, 0) is 20.8 Å². The van der Waals surface area contributed by atoms with Crippen LogP contribution in [0.5, 0.6) is 0 Å². The number of rotatable bonds is 7. The van der Waals surface area contributed by atoms with Gasteiger partial charge in [0, 0.05) is 19.5 Å². The maximum atomic E-state index is 12.3. The van der Waals surface area contributed by atoms with Crippen LogP contribution in [-0.4, -0.2) is 35.7 Å². The number of fused-ring (bicyclic) bond motifs is 1. The summed E-state index contributed by atoms with van der Waals surface area (Å²) in [6.07, 6.45) is 7.17. The van der Waals surface area contributed by atoms with E-state index in [0.29, 0.717) is 19.4 Å². The number of carbonyl (C=O) groups is 3. The molecule has 1 N–H and O–H groups in total. The molecule has 3 amide bonds. The van der Waals surface area contributed by atoms with Crippen molar-refractivity contribution in [2.45, 2.75) is 32.1 Å². The van der Waals surface area contributed by atoms with E-state index >= 15 is 0 Å². The number of amides is 3. The summed E-state index contributed by atoms with van der Waals surface area (Å²) in [4.78, 5) is 37.9. The minimum atomic E-state index is -0.216. The van der Waals surface area contributed by atoms with Gasteiger partial charge in [-0.2, -0.15) is 0 Å². The number of hydrogen-bond acceptors (Lipinski definition) is 3. The third kappa shape index (κ3) is 4.16. The number of imide groups is 1. The highest BCUT2D eigenvalue weighted by molar-refractivity contribution is 6.05. The predicted molar refractivity (Wildman–Crippen MR) is 94.5 cm³/mol. The summed E-state index contributed by atoms with van der Waals surface area (Å²) < 4.78 is 0. The lowest BCUT2D eigenvalue weighted by molar-refractivity contribution is -0.140. The largest absolute Gasteiger partial charge is 0.356 e. The molecule has 0 bridgehead atoms. The molecule has 132 valence electrons. The van der Waals surface area contributed by atoms with Crippen molar-refractivity contribution in [3.05, 3.63) is 48.0 Å².